The summed E-state index contributed by atoms with van der Waals surface area (Å²) in [6.45, 7) is 1.92. The van der Waals surface area contributed by atoms with Gasteiger partial charge in [0.2, 0.25) is 0 Å². The van der Waals surface area contributed by atoms with Crippen molar-refractivity contribution in [3.8, 4) is 0 Å². The lowest BCUT2D eigenvalue weighted by atomic mass is 10.1. The molecule has 2 amide bonds. The van der Waals surface area contributed by atoms with Crippen LogP contribution >= 0.6 is 11.3 Å². The van der Waals surface area contributed by atoms with Crippen LogP contribution in [0.4, 0.5) is 5.00 Å². The highest BCUT2D eigenvalue weighted by atomic mass is 32.1. The van der Waals surface area contributed by atoms with Gasteiger partial charge >= 0.3 is 17.8 Å². The van der Waals surface area contributed by atoms with Crippen LogP contribution in [0, 0.1) is 6.92 Å². The van der Waals surface area contributed by atoms with Crippen molar-refractivity contribution < 1.29 is 19.1 Å². The molecule has 0 aliphatic heterocycles. The average molecular weight is 385 g/mol. The fourth-order valence-corrected chi connectivity index (χ4v) is 4.19. The van der Waals surface area contributed by atoms with Crippen molar-refractivity contribution in [3.05, 3.63) is 51.4 Å². The minimum absolute atomic E-state index is 0.342. The molecule has 0 radical (unpaired) electrons. The number of hydrazone groups is 1. The molecule has 3 rings (SSSR count). The maximum absolute atomic E-state index is 12.2. The molecule has 1 aliphatic carbocycles. The molecule has 7 nitrogen and oxygen atoms in total. The van der Waals surface area contributed by atoms with Gasteiger partial charge in [-0.3, -0.25) is 9.59 Å². The summed E-state index contributed by atoms with van der Waals surface area (Å²) in [5.41, 5.74) is 5.28. The van der Waals surface area contributed by atoms with Crippen LogP contribution in [0.25, 0.3) is 0 Å². The highest BCUT2D eigenvalue weighted by Crippen LogP contribution is 2.39. The van der Waals surface area contributed by atoms with Gasteiger partial charge in [0.25, 0.3) is 0 Å². The van der Waals surface area contributed by atoms with Crippen LogP contribution in [0.2, 0.25) is 0 Å². The molecule has 1 aromatic heterocycles. The van der Waals surface area contributed by atoms with E-state index in [4.69, 9.17) is 4.74 Å². The number of carbonyl (C=O) groups excluding carboxylic acids is 3. The van der Waals surface area contributed by atoms with Gasteiger partial charge in [0.1, 0.15) is 5.00 Å². The van der Waals surface area contributed by atoms with Crippen LogP contribution in [-0.2, 0) is 27.2 Å². The van der Waals surface area contributed by atoms with E-state index in [2.05, 4.69) is 15.8 Å². The number of thiophene rings is 1. The topological polar surface area (TPSA) is 96.9 Å². The van der Waals surface area contributed by atoms with Crippen LogP contribution in [0.15, 0.2) is 29.4 Å². The molecule has 140 valence electrons. The number of anilines is 1. The zero-order chi connectivity index (χ0) is 19.4. The normalized spacial score (nSPS) is 12.7. The molecule has 1 heterocycles. The number of fused-ring (bicyclic) bond motifs is 1. The van der Waals surface area contributed by atoms with E-state index in [0.29, 0.717) is 10.6 Å². The first-order valence-electron chi connectivity index (χ1n) is 8.44. The number of hydrogen-bond acceptors (Lipinski definition) is 6. The molecule has 27 heavy (non-hydrogen) atoms. The number of rotatable bonds is 4. The number of amides is 2. The van der Waals surface area contributed by atoms with E-state index in [1.54, 1.807) is 0 Å². The van der Waals surface area contributed by atoms with E-state index in [-0.39, 0.29) is 0 Å². The summed E-state index contributed by atoms with van der Waals surface area (Å²) in [6, 6.07) is 7.52. The molecule has 0 fully saturated rings. The molecule has 0 saturated carbocycles. The smallest absolute Gasteiger partial charge is 0.341 e. The second-order valence-electron chi connectivity index (χ2n) is 6.06. The molecule has 1 aliphatic rings. The molecule has 1 aromatic carbocycles. The van der Waals surface area contributed by atoms with Gasteiger partial charge in [-0.25, -0.2) is 10.2 Å². The summed E-state index contributed by atoms with van der Waals surface area (Å²) >= 11 is 1.31. The highest BCUT2D eigenvalue weighted by Gasteiger charge is 2.29. The Morgan fingerprint density at radius 2 is 1.96 bits per heavy atom. The third-order valence-electron chi connectivity index (χ3n) is 4.30. The molecular weight excluding hydrogens is 366 g/mol. The van der Waals surface area contributed by atoms with Gasteiger partial charge in [0.15, 0.2) is 0 Å². The monoisotopic (exact) mass is 385 g/mol. The third kappa shape index (κ3) is 4.06. The van der Waals surface area contributed by atoms with Crippen LogP contribution < -0.4 is 10.7 Å². The van der Waals surface area contributed by atoms with Crippen molar-refractivity contribution in [1.29, 1.82) is 0 Å². The van der Waals surface area contributed by atoms with Crippen LogP contribution in [0.1, 0.15) is 38.3 Å². The van der Waals surface area contributed by atoms with Crippen molar-refractivity contribution >= 4 is 40.3 Å². The number of carbonyl (C=O) groups is 3. The van der Waals surface area contributed by atoms with Crippen LogP contribution in [0.3, 0.4) is 0 Å². The van der Waals surface area contributed by atoms with Gasteiger partial charge < -0.3 is 10.1 Å². The van der Waals surface area contributed by atoms with Crippen LogP contribution in [0.5, 0.6) is 0 Å². The van der Waals surface area contributed by atoms with E-state index in [0.717, 1.165) is 40.8 Å². The quantitative estimate of drug-likeness (QED) is 0.366. The third-order valence-corrected chi connectivity index (χ3v) is 5.51. The lowest BCUT2D eigenvalue weighted by Crippen LogP contribution is -2.32. The Hall–Kier alpha value is -3.00. The highest BCUT2D eigenvalue weighted by molar-refractivity contribution is 7.17. The average Bonchev–Trinajstić information content (AvgIpc) is 3.23. The predicted molar refractivity (Wildman–Crippen MR) is 103 cm³/mol. The Bertz CT molecular complexity index is 933. The fraction of sp³-hybridized carbons (Fsp3) is 0.263. The lowest BCUT2D eigenvalue weighted by molar-refractivity contribution is -0.136. The van der Waals surface area contributed by atoms with Gasteiger partial charge in [0.05, 0.1) is 18.9 Å². The van der Waals surface area contributed by atoms with Gasteiger partial charge in [-0.1, -0.05) is 24.3 Å². The second kappa shape index (κ2) is 8.13. The largest absolute Gasteiger partial charge is 0.465 e. The number of methoxy groups -OCH3 is 1. The fourth-order valence-electron chi connectivity index (χ4n) is 2.91. The van der Waals surface area contributed by atoms with Crippen molar-refractivity contribution in [2.45, 2.75) is 26.2 Å². The Labute approximate surface area is 160 Å². The molecule has 0 atom stereocenters. The van der Waals surface area contributed by atoms with E-state index in [1.807, 2.05) is 31.2 Å². The minimum Gasteiger partial charge on any atom is -0.465 e. The van der Waals surface area contributed by atoms with Crippen molar-refractivity contribution in [3.63, 3.8) is 0 Å². The maximum atomic E-state index is 12.2. The number of benzene rings is 1. The van der Waals surface area contributed by atoms with E-state index < -0.39 is 17.8 Å². The predicted octanol–water partition coefficient (Wildman–Crippen LogP) is 2.42. The number of hydrogen-bond donors (Lipinski definition) is 2. The number of aryl methyl sites for hydroxylation is 2. The maximum Gasteiger partial charge on any atom is 0.341 e. The zero-order valence-electron chi connectivity index (χ0n) is 15.0. The van der Waals surface area contributed by atoms with Crippen molar-refractivity contribution in [2.75, 3.05) is 12.4 Å². The van der Waals surface area contributed by atoms with E-state index in [9.17, 15) is 14.4 Å². The Balaban J connectivity index is 1.68. The Morgan fingerprint density at radius 1 is 1.19 bits per heavy atom. The number of esters is 1. The molecule has 0 saturated heterocycles. The number of nitrogens with one attached hydrogen (secondary N) is 2. The molecule has 2 N–H and O–H groups in total. The SMILES string of the molecule is COC(=O)c1c(NC(=O)C(=O)N/N=C\c2ccccc2C)sc2c1CCC2. The summed E-state index contributed by atoms with van der Waals surface area (Å²) in [5.74, 6) is -2.31. The summed E-state index contributed by atoms with van der Waals surface area (Å²) in [4.78, 5) is 37.3. The van der Waals surface area contributed by atoms with E-state index in [1.165, 1.54) is 24.7 Å². The lowest BCUT2D eigenvalue weighted by Gasteiger charge is -2.06. The molecule has 0 spiro atoms. The number of ether oxygens (including phenoxy) is 1. The van der Waals surface area contributed by atoms with Crippen LogP contribution in [-0.4, -0.2) is 31.1 Å². The standard InChI is InChI=1S/C19H19N3O4S/c1-11-6-3-4-7-12(11)10-20-22-17(24)16(23)21-18-15(19(25)26-2)13-8-5-9-14(13)27-18/h3-4,6-7,10H,5,8-9H2,1-2H3,(H,21,23)(H,22,24)/b20-10-. The summed E-state index contributed by atoms with van der Waals surface area (Å²) in [5, 5.41) is 6.67. The van der Waals surface area contributed by atoms with Gasteiger partial charge in [-0.15, -0.1) is 11.3 Å². The number of nitrogens with zero attached hydrogens (tertiary/aromatic N) is 1. The second-order valence-corrected chi connectivity index (χ2v) is 7.17. The first-order chi connectivity index (χ1) is 13.0. The van der Waals surface area contributed by atoms with Gasteiger partial charge in [-0.05, 0) is 42.9 Å². The first kappa shape index (κ1) is 18.8. The van der Waals surface area contributed by atoms with E-state index >= 15 is 0 Å². The summed E-state index contributed by atoms with van der Waals surface area (Å²) in [6.07, 6.45) is 4.05. The molecule has 8 heteroatoms. The minimum atomic E-state index is -0.913. The van der Waals surface area contributed by atoms with Gasteiger partial charge in [-0.2, -0.15) is 5.10 Å². The molecule has 0 bridgehead atoms. The molecule has 2 aromatic rings. The summed E-state index contributed by atoms with van der Waals surface area (Å²) in [7, 11) is 1.29. The Morgan fingerprint density at radius 3 is 2.70 bits per heavy atom. The van der Waals surface area contributed by atoms with Crippen molar-refractivity contribution in [2.24, 2.45) is 5.10 Å². The first-order valence-corrected chi connectivity index (χ1v) is 9.25. The molecular formula is C19H19N3O4S. The molecule has 0 unspecified atom stereocenters. The van der Waals surface area contributed by atoms with Gasteiger partial charge in [0, 0.05) is 4.88 Å². The van der Waals surface area contributed by atoms with Crippen molar-refractivity contribution in [1.82, 2.24) is 5.43 Å². The zero-order valence-corrected chi connectivity index (χ0v) is 15.8. The Kier molecular flexibility index (Phi) is 5.66. The summed E-state index contributed by atoms with van der Waals surface area (Å²) < 4.78 is 4.82.